The summed E-state index contributed by atoms with van der Waals surface area (Å²) in [6.45, 7) is 3.57. The Kier molecular flexibility index (Phi) is 3.61. The van der Waals surface area contributed by atoms with Gasteiger partial charge in [-0.3, -0.25) is 0 Å². The van der Waals surface area contributed by atoms with Gasteiger partial charge in [0.1, 0.15) is 0 Å². The van der Waals surface area contributed by atoms with Crippen LogP contribution in [-0.4, -0.2) is 26.0 Å². The fourth-order valence-corrected chi connectivity index (χ4v) is 5.09. The highest BCUT2D eigenvalue weighted by atomic mass is 32.3. The molecular formula is C5H9OS3. The molecule has 0 aliphatic carbocycles. The summed E-state index contributed by atoms with van der Waals surface area (Å²) in [5, 5.41) is 11.2. The predicted molar refractivity (Wildman–Crippen MR) is 47.7 cm³/mol. The van der Waals surface area contributed by atoms with Crippen LogP contribution >= 0.6 is 35.3 Å². The minimum absolute atomic E-state index is 0.311. The first-order valence-corrected chi connectivity index (χ1v) is 5.88. The molecule has 1 unspecified atom stereocenters. The fourth-order valence-electron chi connectivity index (χ4n) is 0.535. The van der Waals surface area contributed by atoms with Crippen LogP contribution in [0.4, 0.5) is 0 Å². The van der Waals surface area contributed by atoms with Gasteiger partial charge in [-0.25, -0.2) is 0 Å². The lowest BCUT2D eigenvalue weighted by Crippen LogP contribution is -2.18. The zero-order valence-electron chi connectivity index (χ0n) is 4.95. The van der Waals surface area contributed by atoms with Crippen molar-refractivity contribution in [2.24, 2.45) is 0 Å². The summed E-state index contributed by atoms with van der Waals surface area (Å²) in [7, 11) is 0. The van der Waals surface area contributed by atoms with Crippen LogP contribution < -0.4 is 0 Å². The third kappa shape index (κ3) is 2.62. The van der Waals surface area contributed by atoms with Crippen LogP contribution in [0.15, 0.2) is 0 Å². The van der Waals surface area contributed by atoms with Crippen LogP contribution in [0.3, 0.4) is 0 Å². The van der Waals surface area contributed by atoms with Gasteiger partial charge in [0, 0.05) is 10.2 Å². The molecule has 0 amide bonds. The van der Waals surface area contributed by atoms with Crippen LogP contribution in [0.5, 0.6) is 0 Å². The minimum atomic E-state index is -0.402. The Morgan fingerprint density at radius 1 is 1.44 bits per heavy atom. The Labute approximate surface area is 68.4 Å². The van der Waals surface area contributed by atoms with Crippen molar-refractivity contribution in [3.8, 4) is 0 Å². The summed E-state index contributed by atoms with van der Waals surface area (Å²) in [5.74, 6) is 0. The molecule has 1 aliphatic heterocycles. The van der Waals surface area contributed by atoms with Crippen molar-refractivity contribution in [3.05, 3.63) is 6.92 Å². The molecule has 1 radical (unpaired) electrons. The lowest BCUT2D eigenvalue weighted by molar-refractivity contribution is 0.239. The number of rotatable bonds is 1. The Morgan fingerprint density at radius 2 is 2.00 bits per heavy atom. The van der Waals surface area contributed by atoms with Gasteiger partial charge in [0.25, 0.3) is 0 Å². The average Bonchev–Trinajstić information content (AvgIpc) is 1.90. The normalized spacial score (nSPS) is 26.0. The van der Waals surface area contributed by atoms with Gasteiger partial charge in [-0.2, -0.15) is 0 Å². The zero-order valence-corrected chi connectivity index (χ0v) is 7.40. The third-order valence-electron chi connectivity index (χ3n) is 0.945. The molecule has 1 rings (SSSR count). The third-order valence-corrected chi connectivity index (χ3v) is 5.47. The summed E-state index contributed by atoms with van der Waals surface area (Å²) in [6, 6.07) is 0. The maximum absolute atomic E-state index is 9.02. The van der Waals surface area contributed by atoms with E-state index >= 15 is 0 Å². The van der Waals surface area contributed by atoms with Crippen molar-refractivity contribution in [2.45, 2.75) is 10.7 Å². The number of thioether (sulfide) groups is 3. The van der Waals surface area contributed by atoms with E-state index in [0.717, 1.165) is 10.2 Å². The Morgan fingerprint density at radius 3 is 2.33 bits per heavy atom. The van der Waals surface area contributed by atoms with Crippen molar-refractivity contribution >= 4 is 35.3 Å². The molecule has 0 spiro atoms. The monoisotopic (exact) mass is 181 g/mol. The fraction of sp³-hybridized carbons (Fsp3) is 0.800. The number of hydrogen-bond acceptors (Lipinski definition) is 4. The van der Waals surface area contributed by atoms with E-state index in [1.54, 1.807) is 23.5 Å². The van der Waals surface area contributed by atoms with E-state index in [-0.39, 0.29) is 0 Å². The van der Waals surface area contributed by atoms with Crippen LogP contribution in [0.1, 0.15) is 0 Å². The molecule has 9 heavy (non-hydrogen) atoms. The first kappa shape index (κ1) is 8.11. The molecule has 1 N–H and O–H groups in total. The molecule has 1 aliphatic rings. The van der Waals surface area contributed by atoms with Gasteiger partial charge in [-0.1, -0.05) is 0 Å². The van der Waals surface area contributed by atoms with E-state index in [0.29, 0.717) is 4.58 Å². The second kappa shape index (κ2) is 4.01. The molecule has 4 heteroatoms. The van der Waals surface area contributed by atoms with Gasteiger partial charge >= 0.3 is 0 Å². The van der Waals surface area contributed by atoms with Crippen LogP contribution in [-0.2, 0) is 0 Å². The van der Waals surface area contributed by atoms with Gasteiger partial charge in [0.2, 0.25) is 0 Å². The first-order valence-electron chi connectivity index (χ1n) is 2.63. The molecular weight excluding hydrogens is 172 g/mol. The molecule has 1 heterocycles. The lowest BCUT2D eigenvalue weighted by Gasteiger charge is -2.22. The van der Waals surface area contributed by atoms with Crippen LogP contribution in [0, 0.1) is 6.92 Å². The summed E-state index contributed by atoms with van der Waals surface area (Å²) >= 11 is 5.47. The van der Waals surface area contributed by atoms with E-state index in [2.05, 4.69) is 6.92 Å². The van der Waals surface area contributed by atoms with Gasteiger partial charge in [0.15, 0.2) is 0 Å². The number of aliphatic hydroxyl groups is 1. The molecule has 0 aromatic carbocycles. The summed E-state index contributed by atoms with van der Waals surface area (Å²) < 4.78 is 0.311. The second-order valence-electron chi connectivity index (χ2n) is 1.71. The second-order valence-corrected chi connectivity index (χ2v) is 5.98. The SMILES string of the molecule is [CH2]C(O)C1SCSCS1. The standard InChI is InChI=1S/C5H9OS3/c1-4(6)5-8-2-7-3-9-5/h4-6H,1-3H2. The van der Waals surface area contributed by atoms with Gasteiger partial charge < -0.3 is 5.11 Å². The highest BCUT2D eigenvalue weighted by Crippen LogP contribution is 2.37. The Bertz CT molecular complexity index is 80.3. The van der Waals surface area contributed by atoms with E-state index in [4.69, 9.17) is 5.11 Å². The quantitative estimate of drug-likeness (QED) is 0.663. The van der Waals surface area contributed by atoms with E-state index in [1.807, 2.05) is 11.8 Å². The molecule has 1 fully saturated rings. The smallest absolute Gasteiger partial charge is 0.0777 e. The van der Waals surface area contributed by atoms with Gasteiger partial charge in [-0.05, 0) is 6.92 Å². The van der Waals surface area contributed by atoms with Crippen LogP contribution in [0.2, 0.25) is 0 Å². The van der Waals surface area contributed by atoms with E-state index in [9.17, 15) is 0 Å². The highest BCUT2D eigenvalue weighted by Gasteiger charge is 2.18. The molecule has 53 valence electrons. The molecule has 0 saturated carbocycles. The molecule has 0 aromatic heterocycles. The van der Waals surface area contributed by atoms with Crippen LogP contribution in [0.25, 0.3) is 0 Å². The number of aliphatic hydroxyl groups excluding tert-OH is 1. The van der Waals surface area contributed by atoms with Gasteiger partial charge in [0.05, 0.1) is 10.7 Å². The zero-order chi connectivity index (χ0) is 6.69. The summed E-state index contributed by atoms with van der Waals surface area (Å²) in [4.78, 5) is 0. The van der Waals surface area contributed by atoms with Crippen molar-refractivity contribution in [1.29, 1.82) is 0 Å². The van der Waals surface area contributed by atoms with Crippen molar-refractivity contribution in [1.82, 2.24) is 0 Å². The Hall–Kier alpha value is 1.01. The molecule has 0 bridgehead atoms. The summed E-state index contributed by atoms with van der Waals surface area (Å²) in [6.07, 6.45) is -0.402. The molecule has 1 nitrogen and oxygen atoms in total. The van der Waals surface area contributed by atoms with E-state index in [1.165, 1.54) is 0 Å². The lowest BCUT2D eigenvalue weighted by atomic mass is 10.5. The highest BCUT2D eigenvalue weighted by molar-refractivity contribution is 8.32. The maximum Gasteiger partial charge on any atom is 0.0777 e. The predicted octanol–water partition coefficient (Wildman–Crippen LogP) is 1.64. The first-order chi connectivity index (χ1) is 4.30. The van der Waals surface area contributed by atoms with Gasteiger partial charge in [-0.15, -0.1) is 35.3 Å². The molecule has 1 saturated heterocycles. The van der Waals surface area contributed by atoms with Crippen molar-refractivity contribution < 1.29 is 5.11 Å². The van der Waals surface area contributed by atoms with Crippen molar-refractivity contribution in [2.75, 3.05) is 10.2 Å². The maximum atomic E-state index is 9.02. The number of hydrogen-bond donors (Lipinski definition) is 1. The largest absolute Gasteiger partial charge is 0.391 e. The minimum Gasteiger partial charge on any atom is -0.391 e. The summed E-state index contributed by atoms with van der Waals surface area (Å²) in [5.41, 5.74) is 0. The molecule has 0 aromatic rings. The van der Waals surface area contributed by atoms with E-state index < -0.39 is 6.10 Å². The average molecular weight is 181 g/mol. The van der Waals surface area contributed by atoms with Crippen molar-refractivity contribution in [3.63, 3.8) is 0 Å². The Balaban J connectivity index is 2.23. The molecule has 1 atom stereocenters. The topological polar surface area (TPSA) is 20.2 Å².